The maximum atomic E-state index is 2.34. The quantitative estimate of drug-likeness (QED) is 0.483. The molecule has 0 unspecified atom stereocenters. The first-order valence-corrected chi connectivity index (χ1v) is 9.34. The third-order valence-corrected chi connectivity index (χ3v) is 5.62. The first kappa shape index (κ1) is 18.4. The fourth-order valence-electron chi connectivity index (χ4n) is 3.19. The molecule has 130 valence electrons. The average Bonchev–Trinajstić information content (AvgIpc) is 3.01. The highest BCUT2D eigenvalue weighted by atomic mass is 35.5. The lowest BCUT2D eigenvalue weighted by atomic mass is 9.95. The van der Waals surface area contributed by atoms with Crippen LogP contribution in [0.4, 0.5) is 0 Å². The molecular weight excluding hydrogens is 358 g/mol. The molecule has 0 bridgehead atoms. The number of aromatic nitrogens is 1. The minimum Gasteiger partial charge on any atom is -1.00 e. The Labute approximate surface area is 165 Å². The maximum Gasteiger partial charge on any atom is 0.231 e. The molecule has 1 aromatic heterocycles. The minimum atomic E-state index is 0. The zero-order chi connectivity index (χ0) is 17.2. The molecule has 0 amide bonds. The van der Waals surface area contributed by atoms with Gasteiger partial charge in [-0.2, -0.15) is 4.57 Å². The molecule has 0 saturated carbocycles. The van der Waals surface area contributed by atoms with Crippen LogP contribution >= 0.6 is 11.3 Å². The van der Waals surface area contributed by atoms with Crippen LogP contribution in [0.1, 0.15) is 10.6 Å². The Bertz CT molecular complexity index is 949. The fraction of sp³-hybridized carbons (Fsp3) is 0.0870. The molecule has 4 aromatic rings. The van der Waals surface area contributed by atoms with Crippen LogP contribution in [0.15, 0.2) is 84.4 Å². The largest absolute Gasteiger partial charge is 1.00 e. The van der Waals surface area contributed by atoms with E-state index in [1.165, 1.54) is 38.5 Å². The fourth-order valence-corrected chi connectivity index (χ4v) is 3.99. The molecular formula is C23H20ClNS. The van der Waals surface area contributed by atoms with E-state index >= 15 is 0 Å². The lowest BCUT2D eigenvalue weighted by Gasteiger charge is -2.11. The van der Waals surface area contributed by atoms with Crippen LogP contribution < -0.4 is 17.0 Å². The molecule has 1 nitrogen and oxygen atoms in total. The van der Waals surface area contributed by atoms with E-state index in [-0.39, 0.29) is 12.4 Å². The van der Waals surface area contributed by atoms with Gasteiger partial charge >= 0.3 is 0 Å². The summed E-state index contributed by atoms with van der Waals surface area (Å²) in [6, 6.07) is 27.9. The van der Waals surface area contributed by atoms with Gasteiger partial charge in [0.15, 0.2) is 5.69 Å². The minimum absolute atomic E-state index is 0. The summed E-state index contributed by atoms with van der Waals surface area (Å²) in [5, 5.41) is 0. The number of rotatable bonds is 3. The molecule has 0 spiro atoms. The van der Waals surface area contributed by atoms with Crippen molar-refractivity contribution in [3.63, 3.8) is 0 Å². The molecule has 0 atom stereocenters. The molecule has 4 rings (SSSR count). The Kier molecular flexibility index (Phi) is 5.55. The van der Waals surface area contributed by atoms with Crippen molar-refractivity contribution in [1.29, 1.82) is 0 Å². The molecule has 3 aromatic carbocycles. The van der Waals surface area contributed by atoms with Crippen molar-refractivity contribution in [3.05, 3.63) is 94.9 Å². The number of hydrogen-bond acceptors (Lipinski definition) is 1. The third kappa shape index (κ3) is 3.31. The normalized spacial score (nSPS) is 10.4. The first-order chi connectivity index (χ1) is 12.3. The smallest absolute Gasteiger partial charge is 0.231 e. The highest BCUT2D eigenvalue weighted by Gasteiger charge is 2.24. The summed E-state index contributed by atoms with van der Waals surface area (Å²) in [4.78, 5) is 1.35. The summed E-state index contributed by atoms with van der Waals surface area (Å²) in [5.74, 6) is 0. The predicted molar refractivity (Wildman–Crippen MR) is 106 cm³/mol. The molecule has 0 aliphatic carbocycles. The lowest BCUT2D eigenvalue weighted by molar-refractivity contribution is -0.596. The van der Waals surface area contributed by atoms with E-state index in [2.05, 4.69) is 103 Å². The van der Waals surface area contributed by atoms with Gasteiger partial charge < -0.3 is 12.4 Å². The van der Waals surface area contributed by atoms with Crippen LogP contribution in [0.25, 0.3) is 27.9 Å². The topological polar surface area (TPSA) is 3.88 Å². The van der Waals surface area contributed by atoms with Gasteiger partial charge in [-0.1, -0.05) is 78.1 Å². The summed E-state index contributed by atoms with van der Waals surface area (Å²) in [6.45, 7) is 4.38. The Balaban J connectivity index is 0.00000196. The highest BCUT2D eigenvalue weighted by molar-refractivity contribution is 7.09. The SMILES string of the molecule is Cc1sc[n+](-c2c(-c3ccccc3)cccc2-c2ccccc2)c1C.[Cl-]. The Morgan fingerprint density at radius 2 is 1.15 bits per heavy atom. The molecule has 1 heterocycles. The van der Waals surface area contributed by atoms with E-state index in [0.29, 0.717) is 0 Å². The number of para-hydroxylation sites is 1. The Morgan fingerprint density at radius 1 is 0.654 bits per heavy atom. The average molecular weight is 378 g/mol. The van der Waals surface area contributed by atoms with Gasteiger partial charge in [-0.3, -0.25) is 0 Å². The van der Waals surface area contributed by atoms with E-state index in [9.17, 15) is 0 Å². The van der Waals surface area contributed by atoms with Crippen LogP contribution in [-0.4, -0.2) is 0 Å². The molecule has 0 N–H and O–H groups in total. The molecule has 0 aliphatic heterocycles. The summed E-state index contributed by atoms with van der Waals surface area (Å²) >= 11 is 1.80. The molecule has 0 fully saturated rings. The van der Waals surface area contributed by atoms with Gasteiger partial charge in [0, 0.05) is 6.92 Å². The van der Waals surface area contributed by atoms with E-state index in [0.717, 1.165) is 0 Å². The monoisotopic (exact) mass is 377 g/mol. The molecule has 0 saturated heterocycles. The van der Waals surface area contributed by atoms with Crippen molar-refractivity contribution >= 4 is 11.3 Å². The van der Waals surface area contributed by atoms with Crippen LogP contribution in [0.2, 0.25) is 0 Å². The third-order valence-electron chi connectivity index (χ3n) is 4.65. The van der Waals surface area contributed by atoms with Crippen molar-refractivity contribution in [2.24, 2.45) is 0 Å². The standard InChI is InChI=1S/C23H20NS.ClH/c1-17-18(2)25-16-24(17)23-21(19-10-5-3-6-11-19)14-9-15-22(23)20-12-7-4-8-13-20;/h3-16H,1-2H3;1H/q+1;/p-1. The molecule has 26 heavy (non-hydrogen) atoms. The van der Waals surface area contributed by atoms with E-state index in [4.69, 9.17) is 0 Å². The van der Waals surface area contributed by atoms with Gasteiger partial charge in [0.25, 0.3) is 0 Å². The number of hydrogen-bond donors (Lipinski definition) is 0. The van der Waals surface area contributed by atoms with Crippen molar-refractivity contribution in [1.82, 2.24) is 0 Å². The van der Waals surface area contributed by atoms with Crippen molar-refractivity contribution in [2.45, 2.75) is 13.8 Å². The van der Waals surface area contributed by atoms with Crippen LogP contribution in [0, 0.1) is 13.8 Å². The van der Waals surface area contributed by atoms with E-state index < -0.39 is 0 Å². The van der Waals surface area contributed by atoms with E-state index in [1.807, 2.05) is 0 Å². The van der Waals surface area contributed by atoms with Gasteiger partial charge in [-0.05, 0) is 30.2 Å². The second-order valence-electron chi connectivity index (χ2n) is 6.17. The molecule has 0 radical (unpaired) electrons. The van der Waals surface area contributed by atoms with Gasteiger partial charge in [0.2, 0.25) is 11.2 Å². The van der Waals surface area contributed by atoms with Gasteiger partial charge in [0.1, 0.15) is 0 Å². The highest BCUT2D eigenvalue weighted by Crippen LogP contribution is 2.33. The van der Waals surface area contributed by atoms with Crippen molar-refractivity contribution in [2.75, 3.05) is 0 Å². The van der Waals surface area contributed by atoms with Gasteiger partial charge in [0.05, 0.1) is 16.0 Å². The zero-order valence-electron chi connectivity index (χ0n) is 14.8. The number of thiazole rings is 1. The summed E-state index contributed by atoms with van der Waals surface area (Å²) in [7, 11) is 0. The predicted octanol–water partition coefficient (Wildman–Crippen LogP) is 2.98. The Hall–Kier alpha value is -2.42. The number of aryl methyl sites for hydroxylation is 1. The zero-order valence-corrected chi connectivity index (χ0v) is 16.4. The van der Waals surface area contributed by atoms with Gasteiger partial charge in [-0.25, -0.2) is 0 Å². The number of halogens is 1. The van der Waals surface area contributed by atoms with Crippen molar-refractivity contribution < 1.29 is 17.0 Å². The second kappa shape index (κ2) is 7.86. The summed E-state index contributed by atoms with van der Waals surface area (Å²) in [5.41, 5.74) is 9.77. The molecule has 3 heteroatoms. The molecule has 0 aliphatic rings. The second-order valence-corrected chi connectivity index (χ2v) is 7.23. The van der Waals surface area contributed by atoms with Crippen molar-refractivity contribution in [3.8, 4) is 27.9 Å². The summed E-state index contributed by atoms with van der Waals surface area (Å²) in [6.07, 6.45) is 0. The summed E-state index contributed by atoms with van der Waals surface area (Å²) < 4.78 is 2.34. The number of nitrogens with zero attached hydrogens (tertiary/aromatic N) is 1. The lowest BCUT2D eigenvalue weighted by Crippen LogP contribution is -3.00. The van der Waals surface area contributed by atoms with Crippen LogP contribution in [0.5, 0.6) is 0 Å². The Morgan fingerprint density at radius 3 is 1.58 bits per heavy atom. The maximum absolute atomic E-state index is 2.34. The van der Waals surface area contributed by atoms with E-state index in [1.54, 1.807) is 11.3 Å². The van der Waals surface area contributed by atoms with Crippen LogP contribution in [-0.2, 0) is 0 Å². The van der Waals surface area contributed by atoms with Gasteiger partial charge in [-0.15, -0.1) is 0 Å². The first-order valence-electron chi connectivity index (χ1n) is 8.46. The van der Waals surface area contributed by atoms with Crippen LogP contribution in [0.3, 0.4) is 0 Å². The number of benzene rings is 3.